The Hall–Kier alpha value is -2.15. The Morgan fingerprint density at radius 3 is 2.60 bits per heavy atom. The van der Waals surface area contributed by atoms with Gasteiger partial charge in [-0.2, -0.15) is 0 Å². The number of halogens is 2. The molecule has 3 rings (SSSR count). The van der Waals surface area contributed by atoms with Gasteiger partial charge in [-0.1, -0.05) is 0 Å². The van der Waals surface area contributed by atoms with Crippen LogP contribution in [-0.2, 0) is 0 Å². The zero-order valence-electron chi connectivity index (χ0n) is 10.3. The summed E-state index contributed by atoms with van der Waals surface area (Å²) in [4.78, 5) is 23.6. The molecule has 0 fully saturated rings. The summed E-state index contributed by atoms with van der Waals surface area (Å²) in [5.74, 6) is -0.278. The molecule has 0 N–H and O–H groups in total. The minimum Gasteiger partial charge on any atom is -0.294 e. The van der Waals surface area contributed by atoms with E-state index in [4.69, 9.17) is 0 Å². The van der Waals surface area contributed by atoms with Gasteiger partial charge in [-0.3, -0.25) is 14.3 Å². The third-order valence-corrected chi connectivity index (χ3v) is 3.40. The Labute approximate surface area is 121 Å². The molecule has 5 nitrogen and oxygen atoms in total. The van der Waals surface area contributed by atoms with Crippen LogP contribution in [0.25, 0.3) is 17.0 Å². The van der Waals surface area contributed by atoms with E-state index >= 15 is 0 Å². The molecule has 0 aliphatic carbocycles. The van der Waals surface area contributed by atoms with Gasteiger partial charge in [0.1, 0.15) is 5.52 Å². The van der Waals surface area contributed by atoms with Crippen molar-refractivity contribution in [1.82, 2.24) is 19.5 Å². The van der Waals surface area contributed by atoms with E-state index in [0.717, 1.165) is 16.9 Å². The monoisotopic (exact) mass is 334 g/mol. The Morgan fingerprint density at radius 1 is 1.25 bits per heavy atom. The summed E-state index contributed by atoms with van der Waals surface area (Å²) in [6.07, 6.45) is 5.43. The molecule has 3 aromatic heterocycles. The van der Waals surface area contributed by atoms with Crippen LogP contribution in [0.5, 0.6) is 0 Å². The number of fused-ring (bicyclic) bond motifs is 1. The van der Waals surface area contributed by atoms with Crippen molar-refractivity contribution in [1.29, 1.82) is 0 Å². The molecule has 20 heavy (non-hydrogen) atoms. The summed E-state index contributed by atoms with van der Waals surface area (Å²) < 4.78 is 15.3. The summed E-state index contributed by atoms with van der Waals surface area (Å²) in [7, 11) is 0. The van der Waals surface area contributed by atoms with Crippen molar-refractivity contribution in [2.24, 2.45) is 0 Å². The SMILES string of the molecule is CC(=O)c1cnc2c(Br)cn(-c3ncc(F)cn3)c2c1. The van der Waals surface area contributed by atoms with Gasteiger partial charge in [0.25, 0.3) is 0 Å². The fraction of sp³-hybridized carbons (Fsp3) is 0.0769. The molecule has 0 amide bonds. The van der Waals surface area contributed by atoms with Crippen LogP contribution >= 0.6 is 15.9 Å². The maximum Gasteiger partial charge on any atom is 0.234 e. The van der Waals surface area contributed by atoms with Crippen LogP contribution in [0.3, 0.4) is 0 Å². The molecule has 0 aliphatic rings. The summed E-state index contributed by atoms with van der Waals surface area (Å²) in [5.41, 5.74) is 1.85. The van der Waals surface area contributed by atoms with Gasteiger partial charge in [0.15, 0.2) is 11.6 Å². The molecule has 3 aromatic rings. The van der Waals surface area contributed by atoms with Gasteiger partial charge in [-0.05, 0) is 28.9 Å². The van der Waals surface area contributed by atoms with E-state index in [1.165, 1.54) is 13.1 Å². The van der Waals surface area contributed by atoms with Crippen molar-refractivity contribution < 1.29 is 9.18 Å². The van der Waals surface area contributed by atoms with Crippen molar-refractivity contribution in [2.45, 2.75) is 6.92 Å². The van der Waals surface area contributed by atoms with E-state index in [9.17, 15) is 9.18 Å². The number of carbonyl (C=O) groups is 1. The van der Waals surface area contributed by atoms with Crippen LogP contribution in [-0.4, -0.2) is 25.3 Å². The van der Waals surface area contributed by atoms with Crippen molar-refractivity contribution in [3.05, 3.63) is 46.7 Å². The smallest absolute Gasteiger partial charge is 0.234 e. The fourth-order valence-corrected chi connectivity index (χ4v) is 2.36. The number of Topliss-reactive ketones (excluding diaryl/α,β-unsaturated/α-hetero) is 1. The van der Waals surface area contributed by atoms with Crippen molar-refractivity contribution in [2.75, 3.05) is 0 Å². The van der Waals surface area contributed by atoms with E-state index in [0.29, 0.717) is 22.5 Å². The van der Waals surface area contributed by atoms with Gasteiger partial charge in [0, 0.05) is 18.0 Å². The highest BCUT2D eigenvalue weighted by Crippen LogP contribution is 2.26. The molecule has 0 bridgehead atoms. The van der Waals surface area contributed by atoms with Crippen LogP contribution in [0.4, 0.5) is 4.39 Å². The van der Waals surface area contributed by atoms with E-state index in [-0.39, 0.29) is 5.78 Å². The molecular formula is C13H8BrFN4O. The molecule has 0 spiro atoms. The topological polar surface area (TPSA) is 60.7 Å². The lowest BCUT2D eigenvalue weighted by molar-refractivity contribution is 0.101. The molecule has 3 heterocycles. The average molecular weight is 335 g/mol. The zero-order chi connectivity index (χ0) is 14.3. The Bertz CT molecular complexity index is 813. The Morgan fingerprint density at radius 2 is 1.95 bits per heavy atom. The highest BCUT2D eigenvalue weighted by Gasteiger charge is 2.13. The highest BCUT2D eigenvalue weighted by atomic mass is 79.9. The summed E-state index contributed by atoms with van der Waals surface area (Å²) in [5, 5.41) is 0. The van der Waals surface area contributed by atoms with Crippen molar-refractivity contribution in [3.8, 4) is 5.95 Å². The lowest BCUT2D eigenvalue weighted by Gasteiger charge is -2.03. The predicted octanol–water partition coefficient (Wildman–Crippen LogP) is 2.92. The van der Waals surface area contributed by atoms with Gasteiger partial charge in [-0.25, -0.2) is 14.4 Å². The summed E-state index contributed by atoms with van der Waals surface area (Å²) in [6.45, 7) is 1.47. The zero-order valence-corrected chi connectivity index (χ0v) is 11.9. The van der Waals surface area contributed by atoms with Gasteiger partial charge < -0.3 is 0 Å². The first-order valence-corrected chi connectivity index (χ1v) is 6.51. The average Bonchev–Trinajstić information content (AvgIpc) is 2.76. The van der Waals surface area contributed by atoms with Crippen LogP contribution in [0, 0.1) is 5.82 Å². The highest BCUT2D eigenvalue weighted by molar-refractivity contribution is 9.10. The molecule has 0 unspecified atom stereocenters. The number of carbonyl (C=O) groups excluding carboxylic acids is 1. The molecular weight excluding hydrogens is 327 g/mol. The number of hydrogen-bond donors (Lipinski definition) is 0. The van der Waals surface area contributed by atoms with E-state index in [1.807, 2.05) is 0 Å². The van der Waals surface area contributed by atoms with Gasteiger partial charge in [0.2, 0.25) is 5.95 Å². The maximum absolute atomic E-state index is 12.9. The molecule has 0 aliphatic heterocycles. The summed E-state index contributed by atoms with van der Waals surface area (Å²) >= 11 is 3.39. The molecule has 100 valence electrons. The van der Waals surface area contributed by atoms with Crippen LogP contribution in [0.2, 0.25) is 0 Å². The summed E-state index contributed by atoms with van der Waals surface area (Å²) in [6, 6.07) is 1.71. The minimum atomic E-state index is -0.508. The first kappa shape index (κ1) is 12.9. The quantitative estimate of drug-likeness (QED) is 0.676. The Balaban J connectivity index is 2.27. The fourth-order valence-electron chi connectivity index (χ4n) is 1.85. The third-order valence-electron chi connectivity index (χ3n) is 2.82. The third kappa shape index (κ3) is 2.09. The number of hydrogen-bond acceptors (Lipinski definition) is 4. The van der Waals surface area contributed by atoms with Crippen LogP contribution in [0.15, 0.2) is 35.3 Å². The number of nitrogens with zero attached hydrogens (tertiary/aromatic N) is 4. The van der Waals surface area contributed by atoms with E-state index in [1.54, 1.807) is 16.8 Å². The van der Waals surface area contributed by atoms with Gasteiger partial charge >= 0.3 is 0 Å². The first-order chi connectivity index (χ1) is 9.56. The number of pyridine rings is 1. The second-order valence-electron chi connectivity index (χ2n) is 4.20. The molecule has 0 saturated heterocycles. The molecule has 0 aromatic carbocycles. The molecule has 0 atom stereocenters. The lowest BCUT2D eigenvalue weighted by atomic mass is 10.2. The minimum absolute atomic E-state index is 0.0803. The number of aromatic nitrogens is 4. The first-order valence-electron chi connectivity index (χ1n) is 5.71. The molecule has 0 radical (unpaired) electrons. The predicted molar refractivity (Wildman–Crippen MR) is 74.3 cm³/mol. The van der Waals surface area contributed by atoms with Crippen molar-refractivity contribution >= 4 is 32.7 Å². The second kappa shape index (κ2) is 4.75. The van der Waals surface area contributed by atoms with Gasteiger partial charge in [-0.15, -0.1) is 0 Å². The Kier molecular flexibility index (Phi) is 3.06. The number of rotatable bonds is 2. The van der Waals surface area contributed by atoms with Crippen LogP contribution < -0.4 is 0 Å². The van der Waals surface area contributed by atoms with Crippen molar-refractivity contribution in [3.63, 3.8) is 0 Å². The lowest BCUT2D eigenvalue weighted by Crippen LogP contribution is -2.01. The van der Waals surface area contributed by atoms with E-state index < -0.39 is 5.82 Å². The van der Waals surface area contributed by atoms with E-state index in [2.05, 4.69) is 30.9 Å². The standard InChI is InChI=1S/C13H8BrFN4O/c1-7(20)8-2-11-12(16-3-8)10(14)6-19(11)13-17-4-9(15)5-18-13/h2-6H,1H3. The number of ketones is 1. The normalized spacial score (nSPS) is 10.9. The van der Waals surface area contributed by atoms with Crippen LogP contribution in [0.1, 0.15) is 17.3 Å². The van der Waals surface area contributed by atoms with Gasteiger partial charge in [0.05, 0.1) is 22.4 Å². The second-order valence-corrected chi connectivity index (χ2v) is 5.05. The largest absolute Gasteiger partial charge is 0.294 e. The molecule has 7 heteroatoms. The molecule has 0 saturated carbocycles. The maximum atomic E-state index is 12.9.